The number of carbonyl (C=O) groups is 2. The van der Waals surface area contributed by atoms with E-state index in [2.05, 4.69) is 22.7 Å². The maximum absolute atomic E-state index is 11.4. The highest BCUT2D eigenvalue weighted by Gasteiger charge is 2.43. The Morgan fingerprint density at radius 2 is 2.25 bits per heavy atom. The number of esters is 1. The molecule has 0 aliphatic carbocycles. The standard InChI is InChI=1S/C10H9NO4S/c1-15-8(12)5-3-2-4-6-7(5)11-9(13)10(6,14)16/h2-4,14,16H,1H3,(H,11,13)/t10-/m1/s1. The highest BCUT2D eigenvalue weighted by molar-refractivity contribution is 7.82. The average Bonchev–Trinajstić information content (AvgIpc) is 2.49. The van der Waals surface area contributed by atoms with Gasteiger partial charge in [0.05, 0.1) is 18.4 Å². The molecule has 2 rings (SSSR count). The van der Waals surface area contributed by atoms with Crippen molar-refractivity contribution in [2.45, 2.75) is 4.93 Å². The van der Waals surface area contributed by atoms with Crippen LogP contribution >= 0.6 is 12.6 Å². The van der Waals surface area contributed by atoms with Crippen LogP contribution in [0.1, 0.15) is 15.9 Å². The Hall–Kier alpha value is -1.53. The van der Waals surface area contributed by atoms with Gasteiger partial charge in [-0.25, -0.2) is 4.79 Å². The fourth-order valence-electron chi connectivity index (χ4n) is 1.58. The number of aliphatic hydroxyl groups is 1. The maximum Gasteiger partial charge on any atom is 0.339 e. The quantitative estimate of drug-likeness (QED) is 0.379. The van der Waals surface area contributed by atoms with E-state index in [0.29, 0.717) is 0 Å². The number of anilines is 1. The van der Waals surface area contributed by atoms with Crippen LogP contribution in [0.3, 0.4) is 0 Å². The van der Waals surface area contributed by atoms with Crippen molar-refractivity contribution in [3.63, 3.8) is 0 Å². The number of rotatable bonds is 1. The molecule has 0 fully saturated rings. The van der Waals surface area contributed by atoms with Crippen molar-refractivity contribution in [2.75, 3.05) is 12.4 Å². The van der Waals surface area contributed by atoms with Gasteiger partial charge < -0.3 is 15.2 Å². The van der Waals surface area contributed by atoms with E-state index in [1.54, 1.807) is 6.07 Å². The smallest absolute Gasteiger partial charge is 0.339 e. The van der Waals surface area contributed by atoms with Crippen LogP contribution in [0.25, 0.3) is 0 Å². The lowest BCUT2D eigenvalue weighted by Crippen LogP contribution is -2.27. The monoisotopic (exact) mass is 239 g/mol. The Morgan fingerprint density at radius 1 is 1.56 bits per heavy atom. The molecule has 16 heavy (non-hydrogen) atoms. The van der Waals surface area contributed by atoms with E-state index in [0.717, 1.165) is 0 Å². The molecule has 1 amide bonds. The Kier molecular flexibility index (Phi) is 2.40. The molecular weight excluding hydrogens is 230 g/mol. The van der Waals surface area contributed by atoms with Gasteiger partial charge in [-0.1, -0.05) is 12.1 Å². The number of hydrogen-bond acceptors (Lipinski definition) is 5. The Bertz CT molecular complexity index is 484. The summed E-state index contributed by atoms with van der Waals surface area (Å²) in [5, 5.41) is 12.2. The molecule has 0 saturated carbocycles. The summed E-state index contributed by atoms with van der Waals surface area (Å²) < 4.78 is 4.57. The molecule has 0 saturated heterocycles. The highest BCUT2D eigenvalue weighted by atomic mass is 32.1. The summed E-state index contributed by atoms with van der Waals surface area (Å²) in [5.41, 5.74) is 0.693. The molecule has 1 heterocycles. The molecule has 0 spiro atoms. The second-order valence-corrected chi connectivity index (χ2v) is 3.99. The molecule has 1 aliphatic heterocycles. The van der Waals surface area contributed by atoms with E-state index in [-0.39, 0.29) is 16.8 Å². The van der Waals surface area contributed by atoms with E-state index < -0.39 is 16.8 Å². The first kappa shape index (κ1) is 11.0. The highest BCUT2D eigenvalue weighted by Crippen LogP contribution is 2.40. The predicted molar refractivity (Wildman–Crippen MR) is 59.3 cm³/mol. The van der Waals surface area contributed by atoms with E-state index in [1.165, 1.54) is 19.2 Å². The Balaban J connectivity index is 2.61. The number of benzene rings is 1. The minimum absolute atomic E-state index is 0.193. The molecular formula is C10H9NO4S. The molecule has 0 aromatic heterocycles. The zero-order chi connectivity index (χ0) is 11.9. The number of nitrogens with one attached hydrogen (secondary N) is 1. The number of para-hydroxylation sites is 1. The molecule has 1 aliphatic rings. The minimum Gasteiger partial charge on any atom is -0.465 e. The van der Waals surface area contributed by atoms with Crippen molar-refractivity contribution >= 4 is 30.2 Å². The van der Waals surface area contributed by atoms with Crippen LogP contribution < -0.4 is 5.32 Å². The van der Waals surface area contributed by atoms with Gasteiger partial charge in [-0.3, -0.25) is 4.79 Å². The van der Waals surface area contributed by atoms with E-state index in [1.807, 2.05) is 0 Å². The van der Waals surface area contributed by atoms with Gasteiger partial charge >= 0.3 is 5.97 Å². The van der Waals surface area contributed by atoms with Crippen LogP contribution in [0.2, 0.25) is 0 Å². The second kappa shape index (κ2) is 3.50. The zero-order valence-corrected chi connectivity index (χ0v) is 9.25. The summed E-state index contributed by atoms with van der Waals surface area (Å²) in [6.07, 6.45) is 0. The third kappa shape index (κ3) is 1.38. The van der Waals surface area contributed by atoms with Gasteiger partial charge in [-0.15, -0.1) is 12.6 Å². The number of methoxy groups -OCH3 is 1. The van der Waals surface area contributed by atoms with Crippen molar-refractivity contribution in [1.82, 2.24) is 0 Å². The third-order valence-corrected chi connectivity index (χ3v) is 2.84. The Labute approximate surface area is 96.8 Å². The molecule has 0 bridgehead atoms. The second-order valence-electron chi connectivity index (χ2n) is 3.35. The fraction of sp³-hybridized carbons (Fsp3) is 0.200. The van der Waals surface area contributed by atoms with E-state index in [9.17, 15) is 14.7 Å². The van der Waals surface area contributed by atoms with Gasteiger partial charge in [0.15, 0.2) is 0 Å². The number of hydrogen-bond donors (Lipinski definition) is 3. The first-order valence-electron chi connectivity index (χ1n) is 4.46. The van der Waals surface area contributed by atoms with Gasteiger partial charge in [0.25, 0.3) is 5.91 Å². The molecule has 6 heteroatoms. The first-order valence-corrected chi connectivity index (χ1v) is 4.91. The largest absolute Gasteiger partial charge is 0.465 e. The van der Waals surface area contributed by atoms with Crippen molar-refractivity contribution < 1.29 is 19.4 Å². The fourth-order valence-corrected chi connectivity index (χ4v) is 1.82. The molecule has 1 atom stereocenters. The first-order chi connectivity index (χ1) is 7.48. The van der Waals surface area contributed by atoms with Gasteiger partial charge in [0.1, 0.15) is 0 Å². The summed E-state index contributed by atoms with van der Waals surface area (Å²) in [6, 6.07) is 4.57. The number of ether oxygens (including phenoxy) is 1. The summed E-state index contributed by atoms with van der Waals surface area (Å²) in [7, 11) is 1.24. The minimum atomic E-state index is -1.90. The molecule has 0 radical (unpaired) electrons. The molecule has 5 nitrogen and oxygen atoms in total. The number of thiol groups is 1. The average molecular weight is 239 g/mol. The summed E-state index contributed by atoms with van der Waals surface area (Å²) in [6.45, 7) is 0. The van der Waals surface area contributed by atoms with Crippen LogP contribution in [0.4, 0.5) is 5.69 Å². The van der Waals surface area contributed by atoms with Crippen molar-refractivity contribution in [1.29, 1.82) is 0 Å². The lowest BCUT2D eigenvalue weighted by molar-refractivity contribution is -0.125. The van der Waals surface area contributed by atoms with Crippen LogP contribution in [0, 0.1) is 0 Å². The summed E-state index contributed by atoms with van der Waals surface area (Å²) >= 11 is 3.86. The van der Waals surface area contributed by atoms with E-state index >= 15 is 0 Å². The predicted octanol–water partition coefficient (Wildman–Crippen LogP) is 0.500. The van der Waals surface area contributed by atoms with Gasteiger partial charge in [-0.2, -0.15) is 0 Å². The number of carbonyl (C=O) groups excluding carboxylic acids is 2. The van der Waals surface area contributed by atoms with Crippen molar-refractivity contribution in [3.8, 4) is 0 Å². The van der Waals surface area contributed by atoms with Gasteiger partial charge in [0, 0.05) is 5.56 Å². The zero-order valence-electron chi connectivity index (χ0n) is 8.35. The van der Waals surface area contributed by atoms with Crippen LogP contribution in [-0.4, -0.2) is 24.1 Å². The summed E-state index contributed by atoms with van der Waals surface area (Å²) in [4.78, 5) is 20.9. The maximum atomic E-state index is 11.4. The molecule has 2 N–H and O–H groups in total. The van der Waals surface area contributed by atoms with Crippen LogP contribution in [0.15, 0.2) is 18.2 Å². The van der Waals surface area contributed by atoms with Crippen molar-refractivity contribution in [3.05, 3.63) is 29.3 Å². The lowest BCUT2D eigenvalue weighted by Gasteiger charge is -2.12. The number of fused-ring (bicyclic) bond motifs is 1. The van der Waals surface area contributed by atoms with Gasteiger partial charge in [-0.05, 0) is 6.07 Å². The third-order valence-electron chi connectivity index (χ3n) is 2.40. The molecule has 1 aromatic carbocycles. The van der Waals surface area contributed by atoms with E-state index in [4.69, 9.17) is 0 Å². The topological polar surface area (TPSA) is 75.6 Å². The van der Waals surface area contributed by atoms with Gasteiger partial charge in [0.2, 0.25) is 4.93 Å². The molecule has 1 aromatic rings. The molecule has 84 valence electrons. The van der Waals surface area contributed by atoms with Crippen LogP contribution in [-0.2, 0) is 14.5 Å². The summed E-state index contributed by atoms with van der Waals surface area (Å²) in [5.74, 6) is -1.26. The SMILES string of the molecule is COC(=O)c1cccc2c1NC(=O)[C@]2(O)S. The van der Waals surface area contributed by atoms with Crippen molar-refractivity contribution in [2.24, 2.45) is 0 Å². The lowest BCUT2D eigenvalue weighted by atomic mass is 10.1. The normalized spacial score (nSPS) is 22.6. The molecule has 0 unspecified atom stereocenters. The Morgan fingerprint density at radius 3 is 2.88 bits per heavy atom. The van der Waals surface area contributed by atoms with Crippen LogP contribution in [0.5, 0.6) is 0 Å². The number of amides is 1.